The van der Waals surface area contributed by atoms with Crippen molar-refractivity contribution in [1.29, 1.82) is 0 Å². The number of aromatic nitrogens is 1. The Morgan fingerprint density at radius 2 is 1.96 bits per heavy atom. The van der Waals surface area contributed by atoms with Crippen LogP contribution in [0.4, 0.5) is 0 Å². The maximum Gasteiger partial charge on any atom is 0.251 e. The van der Waals surface area contributed by atoms with Crippen LogP contribution in [0.1, 0.15) is 47.8 Å². The summed E-state index contributed by atoms with van der Waals surface area (Å²) in [7, 11) is 5.89. The first-order chi connectivity index (χ1) is 13.6. The van der Waals surface area contributed by atoms with E-state index in [1.165, 1.54) is 12.8 Å². The molecule has 1 aliphatic carbocycles. The Morgan fingerprint density at radius 3 is 2.61 bits per heavy atom. The Kier molecular flexibility index (Phi) is 7.04. The van der Waals surface area contributed by atoms with Crippen LogP contribution in [-0.2, 0) is 0 Å². The lowest BCUT2D eigenvalue weighted by Crippen LogP contribution is -2.34. The summed E-state index contributed by atoms with van der Waals surface area (Å²) in [4.78, 5) is 19.3. The van der Waals surface area contributed by atoms with Crippen LogP contribution in [0.3, 0.4) is 0 Å². The molecule has 3 rings (SSSR count). The maximum atomic E-state index is 12.4. The molecule has 28 heavy (non-hydrogen) atoms. The molecule has 5 heteroatoms. The predicted octanol–water partition coefficient (Wildman–Crippen LogP) is 3.93. The maximum absolute atomic E-state index is 12.4. The number of amides is 1. The van der Waals surface area contributed by atoms with Gasteiger partial charge in [0.2, 0.25) is 0 Å². The van der Waals surface area contributed by atoms with Gasteiger partial charge in [0.05, 0.1) is 18.8 Å². The van der Waals surface area contributed by atoms with E-state index in [0.717, 1.165) is 25.1 Å². The zero-order valence-corrected chi connectivity index (χ0v) is 17.1. The van der Waals surface area contributed by atoms with Gasteiger partial charge < -0.3 is 15.0 Å². The lowest BCUT2D eigenvalue weighted by Gasteiger charge is -2.37. The third-order valence-electron chi connectivity index (χ3n) is 5.77. The van der Waals surface area contributed by atoms with E-state index in [0.29, 0.717) is 29.2 Å². The second-order valence-corrected chi connectivity index (χ2v) is 7.89. The molecule has 2 aromatic rings. The number of pyridine rings is 1. The number of ether oxygens (including phenoxy) is 1. The fourth-order valence-electron chi connectivity index (χ4n) is 4.29. The van der Waals surface area contributed by atoms with E-state index < -0.39 is 0 Å². The molecule has 1 fully saturated rings. The summed E-state index contributed by atoms with van der Waals surface area (Å²) in [6, 6.07) is 13.8. The lowest BCUT2D eigenvalue weighted by atomic mass is 9.77. The van der Waals surface area contributed by atoms with E-state index in [-0.39, 0.29) is 5.91 Å². The van der Waals surface area contributed by atoms with Crippen LogP contribution >= 0.6 is 0 Å². The second-order valence-electron chi connectivity index (χ2n) is 7.89. The van der Waals surface area contributed by atoms with Gasteiger partial charge in [-0.1, -0.05) is 12.1 Å². The van der Waals surface area contributed by atoms with E-state index in [9.17, 15) is 4.79 Å². The van der Waals surface area contributed by atoms with Crippen molar-refractivity contribution in [1.82, 2.24) is 15.2 Å². The SMILES string of the molecule is COc1cccc(C(=O)NCC2CCC(C(c3ccccn3)N(C)C)CC2)c1. The van der Waals surface area contributed by atoms with Gasteiger partial charge in [-0.25, -0.2) is 0 Å². The predicted molar refractivity (Wildman–Crippen MR) is 111 cm³/mol. The van der Waals surface area contributed by atoms with Crippen molar-refractivity contribution in [2.24, 2.45) is 11.8 Å². The molecular formula is C23H31N3O2. The molecule has 1 atom stereocenters. The van der Waals surface area contributed by atoms with Gasteiger partial charge in [0.15, 0.2) is 0 Å². The molecule has 1 aromatic heterocycles. The molecule has 1 amide bonds. The number of benzene rings is 1. The minimum absolute atomic E-state index is 0.0272. The Bertz CT molecular complexity index is 755. The van der Waals surface area contributed by atoms with Gasteiger partial charge in [0.1, 0.15) is 5.75 Å². The van der Waals surface area contributed by atoms with Crippen LogP contribution in [0.15, 0.2) is 48.7 Å². The number of rotatable bonds is 7. The van der Waals surface area contributed by atoms with Crippen LogP contribution < -0.4 is 10.1 Å². The summed E-state index contributed by atoms with van der Waals surface area (Å²) < 4.78 is 5.20. The Labute approximate surface area is 168 Å². The first kappa shape index (κ1) is 20.3. The van der Waals surface area contributed by atoms with Crippen LogP contribution in [0.25, 0.3) is 0 Å². The molecule has 0 spiro atoms. The number of hydrogen-bond donors (Lipinski definition) is 1. The Hall–Kier alpha value is -2.40. The van der Waals surface area contributed by atoms with Gasteiger partial charge in [0, 0.05) is 18.3 Å². The number of nitrogens with zero attached hydrogens (tertiary/aromatic N) is 2. The van der Waals surface area contributed by atoms with Gasteiger partial charge in [-0.15, -0.1) is 0 Å². The summed E-state index contributed by atoms with van der Waals surface area (Å²) in [5, 5.41) is 3.10. The fourth-order valence-corrected chi connectivity index (χ4v) is 4.29. The first-order valence-electron chi connectivity index (χ1n) is 10.1. The fraction of sp³-hybridized carbons (Fsp3) is 0.478. The molecule has 5 nitrogen and oxygen atoms in total. The molecule has 1 unspecified atom stereocenters. The molecule has 0 saturated heterocycles. The quantitative estimate of drug-likeness (QED) is 0.790. The van der Waals surface area contributed by atoms with E-state index >= 15 is 0 Å². The van der Waals surface area contributed by atoms with Crippen LogP contribution in [-0.4, -0.2) is 43.5 Å². The topological polar surface area (TPSA) is 54.5 Å². The highest BCUT2D eigenvalue weighted by Crippen LogP contribution is 2.38. The van der Waals surface area contributed by atoms with Crippen LogP contribution in [0.5, 0.6) is 5.75 Å². The number of nitrogens with one attached hydrogen (secondary N) is 1. The molecular weight excluding hydrogens is 350 g/mol. The molecule has 1 heterocycles. The molecule has 0 aliphatic heterocycles. The smallest absolute Gasteiger partial charge is 0.251 e. The second kappa shape index (κ2) is 9.69. The number of hydrogen-bond acceptors (Lipinski definition) is 4. The third-order valence-corrected chi connectivity index (χ3v) is 5.77. The van der Waals surface area contributed by atoms with Gasteiger partial charge in [-0.3, -0.25) is 9.78 Å². The van der Waals surface area contributed by atoms with E-state index in [4.69, 9.17) is 4.74 Å². The molecule has 0 bridgehead atoms. The van der Waals surface area contributed by atoms with Crippen molar-refractivity contribution in [3.8, 4) is 5.75 Å². The number of methoxy groups -OCH3 is 1. The van der Waals surface area contributed by atoms with E-state index in [1.807, 2.05) is 30.5 Å². The monoisotopic (exact) mass is 381 g/mol. The van der Waals surface area contributed by atoms with Crippen molar-refractivity contribution in [3.63, 3.8) is 0 Å². The summed E-state index contributed by atoms with van der Waals surface area (Å²) in [5.41, 5.74) is 1.80. The molecule has 150 valence electrons. The molecule has 1 saturated carbocycles. The van der Waals surface area contributed by atoms with E-state index in [2.05, 4.69) is 41.4 Å². The summed E-state index contributed by atoms with van der Waals surface area (Å²) in [5.74, 6) is 1.82. The molecule has 1 aromatic carbocycles. The summed E-state index contributed by atoms with van der Waals surface area (Å²) in [6.45, 7) is 0.735. The van der Waals surface area contributed by atoms with Crippen LogP contribution in [0, 0.1) is 11.8 Å². The number of carbonyl (C=O) groups excluding carboxylic acids is 1. The summed E-state index contributed by atoms with van der Waals surface area (Å²) in [6.07, 6.45) is 6.49. The molecule has 1 N–H and O–H groups in total. The zero-order valence-electron chi connectivity index (χ0n) is 17.1. The minimum atomic E-state index is -0.0272. The number of carbonyl (C=O) groups is 1. The standard InChI is InChI=1S/C23H31N3O2/c1-26(2)22(21-9-4-5-14-24-21)18-12-10-17(11-13-18)16-25-23(27)19-7-6-8-20(15-19)28-3/h4-9,14-15,17-18,22H,10-13,16H2,1-3H3,(H,25,27). The van der Waals surface area contributed by atoms with Crippen molar-refractivity contribution < 1.29 is 9.53 Å². The van der Waals surface area contributed by atoms with Crippen molar-refractivity contribution in [2.45, 2.75) is 31.7 Å². The molecule has 1 aliphatic rings. The van der Waals surface area contributed by atoms with Crippen molar-refractivity contribution >= 4 is 5.91 Å². The first-order valence-corrected chi connectivity index (χ1v) is 10.1. The average Bonchev–Trinajstić information content (AvgIpc) is 2.73. The van der Waals surface area contributed by atoms with Crippen LogP contribution in [0.2, 0.25) is 0 Å². The van der Waals surface area contributed by atoms with E-state index in [1.54, 1.807) is 13.2 Å². The highest BCUT2D eigenvalue weighted by atomic mass is 16.5. The average molecular weight is 382 g/mol. The third kappa shape index (κ3) is 5.10. The lowest BCUT2D eigenvalue weighted by molar-refractivity contribution is 0.0933. The zero-order chi connectivity index (χ0) is 19.9. The van der Waals surface area contributed by atoms with Gasteiger partial charge >= 0.3 is 0 Å². The molecule has 0 radical (unpaired) electrons. The largest absolute Gasteiger partial charge is 0.497 e. The van der Waals surface area contributed by atoms with Gasteiger partial charge in [-0.2, -0.15) is 0 Å². The Balaban J connectivity index is 1.51. The van der Waals surface area contributed by atoms with Gasteiger partial charge in [0.25, 0.3) is 5.91 Å². The normalized spacial score (nSPS) is 20.6. The Morgan fingerprint density at radius 1 is 1.18 bits per heavy atom. The highest BCUT2D eigenvalue weighted by molar-refractivity contribution is 5.94. The van der Waals surface area contributed by atoms with Crippen molar-refractivity contribution in [3.05, 3.63) is 59.9 Å². The summed E-state index contributed by atoms with van der Waals surface area (Å²) >= 11 is 0. The highest BCUT2D eigenvalue weighted by Gasteiger charge is 2.30. The van der Waals surface area contributed by atoms with Gasteiger partial charge in [-0.05, 0) is 81.9 Å². The minimum Gasteiger partial charge on any atom is -0.497 e. The van der Waals surface area contributed by atoms with Crippen molar-refractivity contribution in [2.75, 3.05) is 27.7 Å².